The lowest BCUT2D eigenvalue weighted by Crippen LogP contribution is -2.22. The summed E-state index contributed by atoms with van der Waals surface area (Å²) in [5.74, 6) is 0.628. The van der Waals surface area contributed by atoms with Gasteiger partial charge in [-0.1, -0.05) is 6.07 Å². The van der Waals surface area contributed by atoms with Crippen LogP contribution in [0.15, 0.2) is 42.5 Å². The molecule has 0 heterocycles. The second kappa shape index (κ2) is 8.06. The van der Waals surface area contributed by atoms with E-state index in [2.05, 4.69) is 36.2 Å². The fourth-order valence-electron chi connectivity index (χ4n) is 3.33. The molecule has 0 aliphatic heterocycles. The standard InChI is InChI=1S/C21H26N2O2/c1-3-23(4-2)19-11-9-18(10-12-19)22-21(24)15-25-20-13-8-16-6-5-7-17(16)14-20/h8-14H,3-7,15H2,1-2H3,(H,22,24). The summed E-state index contributed by atoms with van der Waals surface area (Å²) < 4.78 is 5.64. The minimum absolute atomic E-state index is 0.0244. The Morgan fingerprint density at radius 2 is 1.76 bits per heavy atom. The molecule has 1 N–H and O–H groups in total. The Morgan fingerprint density at radius 1 is 1.04 bits per heavy atom. The average molecular weight is 338 g/mol. The van der Waals surface area contributed by atoms with Crippen molar-refractivity contribution in [2.24, 2.45) is 0 Å². The third-order valence-electron chi connectivity index (χ3n) is 4.72. The molecule has 3 rings (SSSR count). The van der Waals surface area contributed by atoms with Gasteiger partial charge < -0.3 is 15.0 Å². The second-order valence-corrected chi connectivity index (χ2v) is 6.34. The molecular formula is C21H26N2O2. The highest BCUT2D eigenvalue weighted by Crippen LogP contribution is 2.26. The normalized spacial score (nSPS) is 12.6. The van der Waals surface area contributed by atoms with E-state index in [1.165, 1.54) is 17.5 Å². The van der Waals surface area contributed by atoms with Crippen LogP contribution in [0.3, 0.4) is 0 Å². The predicted molar refractivity (Wildman–Crippen MR) is 103 cm³/mol. The number of fused-ring (bicyclic) bond motifs is 1. The first-order valence-electron chi connectivity index (χ1n) is 9.09. The summed E-state index contributed by atoms with van der Waals surface area (Å²) >= 11 is 0. The number of carbonyl (C=O) groups is 1. The van der Waals surface area contributed by atoms with E-state index < -0.39 is 0 Å². The zero-order valence-electron chi connectivity index (χ0n) is 15.0. The number of amides is 1. The number of carbonyl (C=O) groups excluding carboxylic acids is 1. The van der Waals surface area contributed by atoms with Gasteiger partial charge in [0, 0.05) is 24.5 Å². The molecule has 1 aliphatic rings. The molecule has 4 heteroatoms. The van der Waals surface area contributed by atoms with E-state index >= 15 is 0 Å². The maximum Gasteiger partial charge on any atom is 0.262 e. The number of aryl methyl sites for hydroxylation is 2. The number of benzene rings is 2. The molecule has 0 radical (unpaired) electrons. The van der Waals surface area contributed by atoms with Crippen LogP contribution in [0.1, 0.15) is 31.4 Å². The lowest BCUT2D eigenvalue weighted by Gasteiger charge is -2.21. The van der Waals surface area contributed by atoms with Crippen LogP contribution in [0, 0.1) is 0 Å². The third-order valence-corrected chi connectivity index (χ3v) is 4.72. The smallest absolute Gasteiger partial charge is 0.262 e. The fourth-order valence-corrected chi connectivity index (χ4v) is 3.33. The van der Waals surface area contributed by atoms with Gasteiger partial charge in [-0.15, -0.1) is 0 Å². The molecule has 0 spiro atoms. The molecule has 1 aliphatic carbocycles. The van der Waals surface area contributed by atoms with Crippen molar-refractivity contribution in [2.75, 3.05) is 29.9 Å². The number of nitrogens with one attached hydrogen (secondary N) is 1. The summed E-state index contributed by atoms with van der Waals surface area (Å²) in [5.41, 5.74) is 4.71. The summed E-state index contributed by atoms with van der Waals surface area (Å²) in [5, 5.41) is 2.88. The lowest BCUT2D eigenvalue weighted by molar-refractivity contribution is -0.118. The Morgan fingerprint density at radius 3 is 2.48 bits per heavy atom. The quantitative estimate of drug-likeness (QED) is 0.828. The minimum atomic E-state index is -0.143. The number of nitrogens with zero attached hydrogens (tertiary/aromatic N) is 1. The van der Waals surface area contributed by atoms with Crippen molar-refractivity contribution in [3.8, 4) is 5.75 Å². The van der Waals surface area contributed by atoms with E-state index in [0.717, 1.165) is 43.1 Å². The highest BCUT2D eigenvalue weighted by Gasteiger charge is 2.12. The topological polar surface area (TPSA) is 41.6 Å². The molecule has 0 atom stereocenters. The molecule has 0 saturated carbocycles. The van der Waals surface area contributed by atoms with Crippen LogP contribution in [0.25, 0.3) is 0 Å². The van der Waals surface area contributed by atoms with Gasteiger partial charge in [0.2, 0.25) is 0 Å². The summed E-state index contributed by atoms with van der Waals surface area (Å²) in [6.45, 7) is 6.23. The van der Waals surface area contributed by atoms with Gasteiger partial charge in [0.05, 0.1) is 0 Å². The summed E-state index contributed by atoms with van der Waals surface area (Å²) in [6.07, 6.45) is 3.47. The van der Waals surface area contributed by atoms with Crippen LogP contribution in [0.4, 0.5) is 11.4 Å². The second-order valence-electron chi connectivity index (χ2n) is 6.34. The van der Waals surface area contributed by atoms with Gasteiger partial charge in [-0.05, 0) is 80.6 Å². The molecule has 0 bridgehead atoms. The predicted octanol–water partition coefficient (Wildman–Crippen LogP) is 4.04. The van der Waals surface area contributed by atoms with Crippen LogP contribution in [-0.4, -0.2) is 25.6 Å². The van der Waals surface area contributed by atoms with Gasteiger partial charge >= 0.3 is 0 Å². The highest BCUT2D eigenvalue weighted by atomic mass is 16.5. The Kier molecular flexibility index (Phi) is 5.59. The molecule has 1 amide bonds. The van der Waals surface area contributed by atoms with Crippen molar-refractivity contribution in [3.05, 3.63) is 53.6 Å². The average Bonchev–Trinajstić information content (AvgIpc) is 3.10. The van der Waals surface area contributed by atoms with Crippen molar-refractivity contribution >= 4 is 17.3 Å². The first-order valence-corrected chi connectivity index (χ1v) is 9.09. The summed E-state index contributed by atoms with van der Waals surface area (Å²) in [6, 6.07) is 14.1. The number of hydrogen-bond acceptors (Lipinski definition) is 3. The van der Waals surface area contributed by atoms with Crippen molar-refractivity contribution in [1.82, 2.24) is 0 Å². The van der Waals surface area contributed by atoms with Crippen LogP contribution in [-0.2, 0) is 17.6 Å². The third kappa shape index (κ3) is 4.32. The largest absolute Gasteiger partial charge is 0.484 e. The Balaban J connectivity index is 1.52. The lowest BCUT2D eigenvalue weighted by atomic mass is 10.1. The van der Waals surface area contributed by atoms with Crippen LogP contribution in [0.5, 0.6) is 5.75 Å². The van der Waals surface area contributed by atoms with Crippen molar-refractivity contribution < 1.29 is 9.53 Å². The monoisotopic (exact) mass is 338 g/mol. The number of anilines is 2. The van der Waals surface area contributed by atoms with Gasteiger partial charge in [0.1, 0.15) is 5.75 Å². The van der Waals surface area contributed by atoms with E-state index in [9.17, 15) is 4.79 Å². The van der Waals surface area contributed by atoms with Gasteiger partial charge in [0.25, 0.3) is 5.91 Å². The molecule has 2 aromatic carbocycles. The molecule has 25 heavy (non-hydrogen) atoms. The maximum atomic E-state index is 12.1. The molecule has 2 aromatic rings. The zero-order valence-corrected chi connectivity index (χ0v) is 15.0. The molecule has 132 valence electrons. The number of ether oxygens (including phenoxy) is 1. The first-order chi connectivity index (χ1) is 12.2. The van der Waals surface area contributed by atoms with E-state index in [1.807, 2.05) is 30.3 Å². The SMILES string of the molecule is CCN(CC)c1ccc(NC(=O)COc2ccc3c(c2)CCC3)cc1. The van der Waals surface area contributed by atoms with E-state index in [0.29, 0.717) is 0 Å². The molecular weight excluding hydrogens is 312 g/mol. The summed E-state index contributed by atoms with van der Waals surface area (Å²) in [4.78, 5) is 14.4. The maximum absolute atomic E-state index is 12.1. The highest BCUT2D eigenvalue weighted by molar-refractivity contribution is 5.92. The van der Waals surface area contributed by atoms with Crippen molar-refractivity contribution in [1.29, 1.82) is 0 Å². The molecule has 0 saturated heterocycles. The fraction of sp³-hybridized carbons (Fsp3) is 0.381. The van der Waals surface area contributed by atoms with Gasteiger partial charge in [-0.3, -0.25) is 4.79 Å². The molecule has 4 nitrogen and oxygen atoms in total. The first kappa shape index (κ1) is 17.3. The minimum Gasteiger partial charge on any atom is -0.484 e. The zero-order chi connectivity index (χ0) is 17.6. The molecule has 0 fully saturated rings. The number of hydrogen-bond donors (Lipinski definition) is 1. The Hall–Kier alpha value is -2.49. The Labute approximate surface area is 149 Å². The summed E-state index contributed by atoms with van der Waals surface area (Å²) in [7, 11) is 0. The van der Waals surface area contributed by atoms with Crippen LogP contribution in [0.2, 0.25) is 0 Å². The van der Waals surface area contributed by atoms with E-state index in [1.54, 1.807) is 0 Å². The van der Waals surface area contributed by atoms with Gasteiger partial charge in [0.15, 0.2) is 6.61 Å². The van der Waals surface area contributed by atoms with Crippen molar-refractivity contribution in [3.63, 3.8) is 0 Å². The Bertz CT molecular complexity index is 721. The molecule has 0 aromatic heterocycles. The molecule has 0 unspecified atom stereocenters. The van der Waals surface area contributed by atoms with Crippen LogP contribution < -0.4 is 15.0 Å². The van der Waals surface area contributed by atoms with E-state index in [4.69, 9.17) is 4.74 Å². The van der Waals surface area contributed by atoms with Gasteiger partial charge in [-0.2, -0.15) is 0 Å². The van der Waals surface area contributed by atoms with Crippen molar-refractivity contribution in [2.45, 2.75) is 33.1 Å². The number of rotatable bonds is 7. The van der Waals surface area contributed by atoms with Crippen LogP contribution >= 0.6 is 0 Å². The van der Waals surface area contributed by atoms with Gasteiger partial charge in [-0.25, -0.2) is 0 Å². The van der Waals surface area contributed by atoms with E-state index in [-0.39, 0.29) is 12.5 Å².